The third kappa shape index (κ3) is 4.08. The first-order chi connectivity index (χ1) is 7.59. The van der Waals surface area contributed by atoms with E-state index in [4.69, 9.17) is 0 Å². The zero-order chi connectivity index (χ0) is 12.0. The van der Waals surface area contributed by atoms with E-state index in [1.54, 1.807) is 18.3 Å². The lowest BCUT2D eigenvalue weighted by molar-refractivity contribution is -0.120. The number of nitrogens with one attached hydrogen (secondary N) is 2. The van der Waals surface area contributed by atoms with Gasteiger partial charge in [-0.3, -0.25) is 14.6 Å². The molecule has 1 aromatic rings. The molecule has 0 aliphatic rings. The normalized spacial score (nSPS) is 9.94. The standard InChI is InChI=1S/C11H15N3O2/c1-8(2)14-10(15)7-13-11(16)9-4-3-5-12-6-9/h3-6,8H,7H2,1-2H3,(H,13,16)(H,14,15). The SMILES string of the molecule is CC(C)NC(=O)CNC(=O)c1cccnc1. The third-order valence-corrected chi connectivity index (χ3v) is 1.78. The van der Waals surface area contributed by atoms with E-state index in [-0.39, 0.29) is 24.4 Å². The minimum atomic E-state index is -0.299. The maximum Gasteiger partial charge on any atom is 0.253 e. The van der Waals surface area contributed by atoms with Gasteiger partial charge in [-0.1, -0.05) is 0 Å². The van der Waals surface area contributed by atoms with Crippen LogP contribution < -0.4 is 10.6 Å². The van der Waals surface area contributed by atoms with E-state index in [1.807, 2.05) is 13.8 Å². The van der Waals surface area contributed by atoms with Crippen molar-refractivity contribution in [1.82, 2.24) is 15.6 Å². The largest absolute Gasteiger partial charge is 0.352 e. The van der Waals surface area contributed by atoms with Gasteiger partial charge in [0.25, 0.3) is 5.91 Å². The summed E-state index contributed by atoms with van der Waals surface area (Å²) in [5.41, 5.74) is 0.444. The maximum atomic E-state index is 11.5. The Balaban J connectivity index is 2.39. The first kappa shape index (κ1) is 12.2. The lowest BCUT2D eigenvalue weighted by Crippen LogP contribution is -2.39. The predicted molar refractivity (Wildman–Crippen MR) is 59.8 cm³/mol. The number of hydrogen-bond acceptors (Lipinski definition) is 3. The molecule has 0 saturated carbocycles. The van der Waals surface area contributed by atoms with Crippen LogP contribution in [0.4, 0.5) is 0 Å². The van der Waals surface area contributed by atoms with Crippen molar-refractivity contribution >= 4 is 11.8 Å². The smallest absolute Gasteiger partial charge is 0.253 e. The van der Waals surface area contributed by atoms with Crippen molar-refractivity contribution in [2.75, 3.05) is 6.54 Å². The van der Waals surface area contributed by atoms with Crippen molar-refractivity contribution in [3.8, 4) is 0 Å². The minimum absolute atomic E-state index is 0.0219. The van der Waals surface area contributed by atoms with Crippen LogP contribution in [0, 0.1) is 0 Å². The van der Waals surface area contributed by atoms with Gasteiger partial charge in [0.15, 0.2) is 0 Å². The van der Waals surface area contributed by atoms with Gasteiger partial charge in [-0.15, -0.1) is 0 Å². The highest BCUT2D eigenvalue weighted by Crippen LogP contribution is 1.94. The third-order valence-electron chi connectivity index (χ3n) is 1.78. The first-order valence-corrected chi connectivity index (χ1v) is 5.07. The molecule has 5 heteroatoms. The van der Waals surface area contributed by atoms with Crippen molar-refractivity contribution in [2.24, 2.45) is 0 Å². The number of nitrogens with zero attached hydrogens (tertiary/aromatic N) is 1. The average Bonchev–Trinajstić information content (AvgIpc) is 2.26. The van der Waals surface area contributed by atoms with E-state index in [9.17, 15) is 9.59 Å². The summed E-state index contributed by atoms with van der Waals surface area (Å²) in [5, 5.41) is 5.19. The number of hydrogen-bond donors (Lipinski definition) is 2. The second kappa shape index (κ2) is 5.85. The van der Waals surface area contributed by atoms with Crippen molar-refractivity contribution < 1.29 is 9.59 Å². The summed E-state index contributed by atoms with van der Waals surface area (Å²) >= 11 is 0. The van der Waals surface area contributed by atoms with Gasteiger partial charge in [0.1, 0.15) is 0 Å². The van der Waals surface area contributed by atoms with Gasteiger partial charge in [-0.05, 0) is 26.0 Å². The van der Waals surface area contributed by atoms with Crippen LogP contribution in [-0.2, 0) is 4.79 Å². The highest BCUT2D eigenvalue weighted by atomic mass is 16.2. The first-order valence-electron chi connectivity index (χ1n) is 5.07. The summed E-state index contributed by atoms with van der Waals surface area (Å²) in [6.07, 6.45) is 3.04. The maximum absolute atomic E-state index is 11.5. The van der Waals surface area contributed by atoms with E-state index < -0.39 is 0 Å². The number of pyridine rings is 1. The fourth-order valence-electron chi connectivity index (χ4n) is 1.13. The molecule has 0 unspecified atom stereocenters. The molecule has 0 aromatic carbocycles. The summed E-state index contributed by atoms with van der Waals surface area (Å²) in [6.45, 7) is 3.70. The zero-order valence-corrected chi connectivity index (χ0v) is 9.36. The molecule has 1 heterocycles. The van der Waals surface area contributed by atoms with E-state index in [0.717, 1.165) is 0 Å². The molecule has 0 aliphatic heterocycles. The van der Waals surface area contributed by atoms with Crippen LogP contribution >= 0.6 is 0 Å². The lowest BCUT2D eigenvalue weighted by atomic mass is 10.3. The minimum Gasteiger partial charge on any atom is -0.352 e. The number of rotatable bonds is 4. The van der Waals surface area contributed by atoms with Crippen LogP contribution in [0.5, 0.6) is 0 Å². The molecule has 1 rings (SSSR count). The molecule has 16 heavy (non-hydrogen) atoms. The predicted octanol–water partition coefficient (Wildman–Crippen LogP) is 0.336. The van der Waals surface area contributed by atoms with E-state index in [0.29, 0.717) is 5.56 Å². The van der Waals surface area contributed by atoms with E-state index >= 15 is 0 Å². The Bertz CT molecular complexity index is 363. The van der Waals surface area contributed by atoms with Gasteiger partial charge in [0, 0.05) is 18.4 Å². The van der Waals surface area contributed by atoms with Crippen molar-refractivity contribution in [3.63, 3.8) is 0 Å². The number of carbonyl (C=O) groups excluding carboxylic acids is 2. The van der Waals surface area contributed by atoms with Gasteiger partial charge in [-0.2, -0.15) is 0 Å². The molecule has 5 nitrogen and oxygen atoms in total. The van der Waals surface area contributed by atoms with E-state index in [2.05, 4.69) is 15.6 Å². The van der Waals surface area contributed by atoms with Crippen molar-refractivity contribution in [1.29, 1.82) is 0 Å². The molecule has 2 amide bonds. The topological polar surface area (TPSA) is 71.1 Å². The molecule has 2 N–H and O–H groups in total. The molecule has 0 spiro atoms. The fourth-order valence-corrected chi connectivity index (χ4v) is 1.13. The van der Waals surface area contributed by atoms with Crippen LogP contribution in [0.2, 0.25) is 0 Å². The summed E-state index contributed by atoms with van der Waals surface area (Å²) in [7, 11) is 0. The highest BCUT2D eigenvalue weighted by molar-refractivity contribution is 5.96. The summed E-state index contributed by atoms with van der Waals surface area (Å²) in [6, 6.07) is 3.38. The second-order valence-electron chi connectivity index (χ2n) is 3.65. The molecule has 86 valence electrons. The number of aromatic nitrogens is 1. The molecule has 0 bridgehead atoms. The van der Waals surface area contributed by atoms with Crippen molar-refractivity contribution in [3.05, 3.63) is 30.1 Å². The molecule has 0 saturated heterocycles. The van der Waals surface area contributed by atoms with Gasteiger partial charge >= 0.3 is 0 Å². The van der Waals surface area contributed by atoms with Crippen LogP contribution in [0.3, 0.4) is 0 Å². The number of amides is 2. The summed E-state index contributed by atoms with van der Waals surface area (Å²) in [5.74, 6) is -0.501. The van der Waals surface area contributed by atoms with Gasteiger partial charge < -0.3 is 10.6 Å². The fraction of sp³-hybridized carbons (Fsp3) is 0.364. The Morgan fingerprint density at radius 2 is 2.19 bits per heavy atom. The lowest BCUT2D eigenvalue weighted by Gasteiger charge is -2.08. The van der Waals surface area contributed by atoms with Crippen LogP contribution in [-0.4, -0.2) is 29.4 Å². The molecule has 0 radical (unpaired) electrons. The van der Waals surface area contributed by atoms with E-state index in [1.165, 1.54) is 6.20 Å². The summed E-state index contributed by atoms with van der Waals surface area (Å²) < 4.78 is 0. The van der Waals surface area contributed by atoms with Crippen LogP contribution in [0.25, 0.3) is 0 Å². The van der Waals surface area contributed by atoms with Crippen molar-refractivity contribution in [2.45, 2.75) is 19.9 Å². The monoisotopic (exact) mass is 221 g/mol. The van der Waals surface area contributed by atoms with Crippen LogP contribution in [0.1, 0.15) is 24.2 Å². The Hall–Kier alpha value is -1.91. The Kier molecular flexibility index (Phi) is 4.44. The Morgan fingerprint density at radius 3 is 2.75 bits per heavy atom. The second-order valence-corrected chi connectivity index (χ2v) is 3.65. The average molecular weight is 221 g/mol. The zero-order valence-electron chi connectivity index (χ0n) is 9.36. The van der Waals surface area contributed by atoms with Gasteiger partial charge in [0.2, 0.25) is 5.91 Å². The molecule has 0 aliphatic carbocycles. The molecular weight excluding hydrogens is 206 g/mol. The quantitative estimate of drug-likeness (QED) is 0.770. The molecule has 0 atom stereocenters. The molecule has 0 fully saturated rings. The highest BCUT2D eigenvalue weighted by Gasteiger charge is 2.07. The molecule has 1 aromatic heterocycles. The summed E-state index contributed by atoms with van der Waals surface area (Å²) in [4.78, 5) is 26.6. The number of carbonyl (C=O) groups is 2. The molecular formula is C11H15N3O2. The van der Waals surface area contributed by atoms with Crippen LogP contribution in [0.15, 0.2) is 24.5 Å². The van der Waals surface area contributed by atoms with Gasteiger partial charge in [-0.25, -0.2) is 0 Å². The Labute approximate surface area is 94.3 Å². The Morgan fingerprint density at radius 1 is 1.44 bits per heavy atom. The van der Waals surface area contributed by atoms with Gasteiger partial charge in [0.05, 0.1) is 12.1 Å².